The molecule has 0 amide bonds. The van der Waals surface area contributed by atoms with Crippen LogP contribution in [0, 0.1) is 23.2 Å². The molecular weight excluding hydrogens is 146 g/mol. The van der Waals surface area contributed by atoms with Gasteiger partial charge in [-0.3, -0.25) is 4.79 Å². The first kappa shape index (κ1) is 8.02. The lowest BCUT2D eigenvalue weighted by Crippen LogP contribution is -2.32. The molecule has 0 aliphatic carbocycles. The van der Waals surface area contributed by atoms with Crippen molar-refractivity contribution < 1.29 is 14.6 Å². The van der Waals surface area contributed by atoms with E-state index in [4.69, 9.17) is 15.1 Å². The van der Waals surface area contributed by atoms with E-state index in [1.807, 2.05) is 6.07 Å². The average Bonchev–Trinajstić information content (AvgIpc) is 2.04. The third-order valence-electron chi connectivity index (χ3n) is 1.84. The minimum absolute atomic E-state index is 0.174. The topological polar surface area (TPSA) is 70.3 Å². The number of hydrogen-bond acceptors (Lipinski definition) is 3. The minimum Gasteiger partial charge on any atom is -0.481 e. The van der Waals surface area contributed by atoms with Gasteiger partial charge in [0.1, 0.15) is 0 Å². The summed E-state index contributed by atoms with van der Waals surface area (Å²) in [6.07, 6.45) is 0.535. The first-order valence-corrected chi connectivity index (χ1v) is 3.46. The molecule has 1 aliphatic rings. The van der Waals surface area contributed by atoms with E-state index in [0.29, 0.717) is 13.0 Å². The summed E-state index contributed by atoms with van der Waals surface area (Å²) in [5.41, 5.74) is 0. The van der Waals surface area contributed by atoms with Crippen molar-refractivity contribution in [2.24, 2.45) is 11.8 Å². The number of carbonyl (C=O) groups is 1. The maximum absolute atomic E-state index is 10.5. The number of ether oxygens (including phenoxy) is 1. The molecule has 0 aromatic rings. The van der Waals surface area contributed by atoms with Crippen molar-refractivity contribution in [3.8, 4) is 6.07 Å². The molecule has 0 bridgehead atoms. The summed E-state index contributed by atoms with van der Waals surface area (Å²) in [5.74, 6) is -1.94. The molecule has 1 heterocycles. The third kappa shape index (κ3) is 1.69. The molecule has 1 aliphatic heterocycles. The molecule has 4 heteroatoms. The largest absolute Gasteiger partial charge is 0.481 e. The third-order valence-corrected chi connectivity index (χ3v) is 1.84. The van der Waals surface area contributed by atoms with E-state index in [2.05, 4.69) is 0 Å². The Hall–Kier alpha value is -1.08. The van der Waals surface area contributed by atoms with Crippen LogP contribution in [-0.2, 0) is 9.53 Å². The molecule has 60 valence electrons. The first-order chi connectivity index (χ1) is 5.25. The Kier molecular flexibility index (Phi) is 2.44. The Bertz CT molecular complexity index is 196. The lowest BCUT2D eigenvalue weighted by atomic mass is 9.90. The number of rotatable bonds is 1. The van der Waals surface area contributed by atoms with Gasteiger partial charge >= 0.3 is 5.97 Å². The molecule has 2 atom stereocenters. The maximum Gasteiger partial charge on any atom is 0.310 e. The summed E-state index contributed by atoms with van der Waals surface area (Å²) in [6.45, 7) is 0.676. The summed E-state index contributed by atoms with van der Waals surface area (Å²) in [5, 5.41) is 17.2. The van der Waals surface area contributed by atoms with E-state index in [-0.39, 0.29) is 12.5 Å². The lowest BCUT2D eigenvalue weighted by Gasteiger charge is -2.22. The van der Waals surface area contributed by atoms with Gasteiger partial charge < -0.3 is 9.84 Å². The predicted molar refractivity (Wildman–Crippen MR) is 35.7 cm³/mol. The Morgan fingerprint density at radius 2 is 2.45 bits per heavy atom. The van der Waals surface area contributed by atoms with Crippen LogP contribution >= 0.6 is 0 Å². The van der Waals surface area contributed by atoms with Crippen LogP contribution in [0.1, 0.15) is 6.42 Å². The Morgan fingerprint density at radius 3 is 2.91 bits per heavy atom. The van der Waals surface area contributed by atoms with E-state index in [1.54, 1.807) is 0 Å². The molecule has 0 aromatic heterocycles. The van der Waals surface area contributed by atoms with E-state index >= 15 is 0 Å². The Morgan fingerprint density at radius 1 is 1.73 bits per heavy atom. The Labute approximate surface area is 64.4 Å². The van der Waals surface area contributed by atoms with E-state index < -0.39 is 11.9 Å². The fourth-order valence-corrected chi connectivity index (χ4v) is 1.14. The highest BCUT2D eigenvalue weighted by molar-refractivity contribution is 5.71. The van der Waals surface area contributed by atoms with Gasteiger partial charge in [0.05, 0.1) is 24.5 Å². The molecule has 1 saturated heterocycles. The molecule has 0 aromatic carbocycles. The minimum atomic E-state index is -0.934. The standard InChI is InChI=1S/C7H9NO3/c8-3-5-1-2-11-4-6(5)7(9)10/h5-6H,1-2,4H2,(H,9,10)/t5-,6-/m1/s1. The summed E-state index contributed by atoms with van der Waals surface area (Å²) >= 11 is 0. The van der Waals surface area contributed by atoms with Crippen LogP contribution in [0.2, 0.25) is 0 Å². The fraction of sp³-hybridized carbons (Fsp3) is 0.714. The lowest BCUT2D eigenvalue weighted by molar-refractivity contribution is -0.147. The summed E-state index contributed by atoms with van der Waals surface area (Å²) in [7, 11) is 0. The van der Waals surface area contributed by atoms with Crippen LogP contribution in [0.5, 0.6) is 0 Å². The number of aliphatic carboxylic acids is 1. The van der Waals surface area contributed by atoms with Gasteiger partial charge in [-0.05, 0) is 6.42 Å². The molecule has 1 fully saturated rings. The van der Waals surface area contributed by atoms with Crippen molar-refractivity contribution in [2.45, 2.75) is 6.42 Å². The average molecular weight is 155 g/mol. The van der Waals surface area contributed by atoms with Gasteiger partial charge in [-0.2, -0.15) is 5.26 Å². The van der Waals surface area contributed by atoms with Crippen LogP contribution in [0.3, 0.4) is 0 Å². The highest BCUT2D eigenvalue weighted by atomic mass is 16.5. The highest BCUT2D eigenvalue weighted by Crippen LogP contribution is 2.20. The normalized spacial score (nSPS) is 30.8. The van der Waals surface area contributed by atoms with E-state index in [0.717, 1.165) is 0 Å². The zero-order chi connectivity index (χ0) is 8.27. The number of nitriles is 1. The van der Waals surface area contributed by atoms with Crippen molar-refractivity contribution in [1.29, 1.82) is 5.26 Å². The monoisotopic (exact) mass is 155 g/mol. The SMILES string of the molecule is N#C[C@H]1CCOC[C@H]1C(=O)O. The van der Waals surface area contributed by atoms with E-state index in [1.165, 1.54) is 0 Å². The van der Waals surface area contributed by atoms with Crippen molar-refractivity contribution in [2.75, 3.05) is 13.2 Å². The van der Waals surface area contributed by atoms with E-state index in [9.17, 15) is 4.79 Å². The van der Waals surface area contributed by atoms with Gasteiger partial charge in [-0.1, -0.05) is 0 Å². The first-order valence-electron chi connectivity index (χ1n) is 3.46. The molecule has 0 saturated carbocycles. The maximum atomic E-state index is 10.5. The number of nitrogens with zero attached hydrogens (tertiary/aromatic N) is 1. The van der Waals surface area contributed by atoms with Gasteiger partial charge in [0.15, 0.2) is 0 Å². The van der Waals surface area contributed by atoms with Crippen LogP contribution in [0.25, 0.3) is 0 Å². The molecule has 1 N–H and O–H groups in total. The summed E-state index contributed by atoms with van der Waals surface area (Å²) in [4.78, 5) is 10.5. The summed E-state index contributed by atoms with van der Waals surface area (Å²) < 4.78 is 4.94. The molecule has 0 radical (unpaired) electrons. The number of carboxylic acids is 1. The zero-order valence-electron chi connectivity index (χ0n) is 5.99. The Balaban J connectivity index is 2.60. The molecule has 0 spiro atoms. The highest BCUT2D eigenvalue weighted by Gasteiger charge is 2.31. The van der Waals surface area contributed by atoms with Crippen LogP contribution in [-0.4, -0.2) is 24.3 Å². The quantitative estimate of drug-likeness (QED) is 0.589. The van der Waals surface area contributed by atoms with Crippen molar-refractivity contribution >= 4 is 5.97 Å². The van der Waals surface area contributed by atoms with Crippen molar-refractivity contribution in [3.63, 3.8) is 0 Å². The summed E-state index contributed by atoms with van der Waals surface area (Å²) in [6, 6.07) is 1.97. The second kappa shape index (κ2) is 3.35. The smallest absolute Gasteiger partial charge is 0.310 e. The van der Waals surface area contributed by atoms with Crippen LogP contribution in [0.15, 0.2) is 0 Å². The van der Waals surface area contributed by atoms with Crippen LogP contribution < -0.4 is 0 Å². The van der Waals surface area contributed by atoms with Gasteiger partial charge in [0.2, 0.25) is 0 Å². The molecule has 4 nitrogen and oxygen atoms in total. The molecule has 11 heavy (non-hydrogen) atoms. The second-order valence-electron chi connectivity index (χ2n) is 2.54. The van der Waals surface area contributed by atoms with Crippen molar-refractivity contribution in [1.82, 2.24) is 0 Å². The van der Waals surface area contributed by atoms with Gasteiger partial charge in [0, 0.05) is 6.61 Å². The number of hydrogen-bond donors (Lipinski definition) is 1. The molecule has 0 unspecified atom stereocenters. The number of carboxylic acid groups (broad SMARTS) is 1. The van der Waals surface area contributed by atoms with Gasteiger partial charge in [0.25, 0.3) is 0 Å². The molecular formula is C7H9NO3. The molecule has 1 rings (SSSR count). The van der Waals surface area contributed by atoms with Crippen molar-refractivity contribution in [3.05, 3.63) is 0 Å². The zero-order valence-corrected chi connectivity index (χ0v) is 5.99. The van der Waals surface area contributed by atoms with Crippen LogP contribution in [0.4, 0.5) is 0 Å². The van der Waals surface area contributed by atoms with Gasteiger partial charge in [-0.15, -0.1) is 0 Å². The van der Waals surface area contributed by atoms with Gasteiger partial charge in [-0.25, -0.2) is 0 Å². The fourth-order valence-electron chi connectivity index (χ4n) is 1.14. The predicted octanol–water partition coefficient (Wildman–Crippen LogP) is 0.247. The second-order valence-corrected chi connectivity index (χ2v) is 2.54.